The molecule has 2 fully saturated rings. The van der Waals surface area contributed by atoms with Crippen LogP contribution in [0.4, 0.5) is 5.69 Å². The summed E-state index contributed by atoms with van der Waals surface area (Å²) in [7, 11) is 1.42. The van der Waals surface area contributed by atoms with Gasteiger partial charge in [0.1, 0.15) is 18.0 Å². The lowest BCUT2D eigenvalue weighted by Crippen LogP contribution is -2.48. The molecule has 0 aromatic heterocycles. The summed E-state index contributed by atoms with van der Waals surface area (Å²) < 4.78 is 37.9. The van der Waals surface area contributed by atoms with Gasteiger partial charge in [0.05, 0.1) is 13.7 Å². The first-order valence-electron chi connectivity index (χ1n) is 8.76. The first-order chi connectivity index (χ1) is 12.7. The predicted octanol–water partition coefficient (Wildman–Crippen LogP) is 0.378. The Morgan fingerprint density at radius 3 is 2.70 bits per heavy atom. The predicted molar refractivity (Wildman–Crippen MR) is 107 cm³/mol. The molecule has 2 aliphatic rings. The highest BCUT2D eigenvalue weighted by Crippen LogP contribution is 2.34. The summed E-state index contributed by atoms with van der Waals surface area (Å²) in [5.41, 5.74) is 1.25. The summed E-state index contributed by atoms with van der Waals surface area (Å²) >= 11 is 0. The van der Waals surface area contributed by atoms with Gasteiger partial charge in [0.25, 0.3) is 5.91 Å². The van der Waals surface area contributed by atoms with Crippen molar-refractivity contribution in [3.8, 4) is 5.75 Å². The lowest BCUT2D eigenvalue weighted by Gasteiger charge is -2.34. The highest BCUT2D eigenvalue weighted by Gasteiger charge is 2.42. The van der Waals surface area contributed by atoms with E-state index in [4.69, 9.17) is 9.47 Å². The van der Waals surface area contributed by atoms with Crippen LogP contribution < -0.4 is 19.7 Å². The number of methoxy groups -OCH3 is 1. The number of anilines is 1. The van der Waals surface area contributed by atoms with Crippen molar-refractivity contribution in [3.05, 3.63) is 17.7 Å². The molecule has 2 heterocycles. The number of carbonyl (C=O) groups excluding carboxylic acids is 1. The summed E-state index contributed by atoms with van der Waals surface area (Å²) in [6.45, 7) is 3.97. The molecule has 2 saturated heterocycles. The molecule has 2 unspecified atom stereocenters. The number of benzene rings is 1. The lowest BCUT2D eigenvalue weighted by molar-refractivity contribution is -0.123. The zero-order valence-corrected chi connectivity index (χ0v) is 17.8. The van der Waals surface area contributed by atoms with Crippen molar-refractivity contribution in [2.24, 2.45) is 0 Å². The second kappa shape index (κ2) is 7.54. The molecular formula is C17H26N3O5PS. The Labute approximate surface area is 162 Å². The standard InChI is InChI=1S/C17H26N3O5PS/c1-17(5-4-6-25-11-17)18-9-12-7-13(24-3)16(14(26)8-12)20-10-15(21)19(2)27(20,22)23/h7-8,18H,4-6,9-11,26H2,1-3H3. The van der Waals surface area contributed by atoms with Gasteiger partial charge in [-0.25, -0.2) is 8.61 Å². The van der Waals surface area contributed by atoms with Crippen molar-refractivity contribution < 1.29 is 22.7 Å². The van der Waals surface area contributed by atoms with Crippen LogP contribution in [0, 0.1) is 0 Å². The number of carbonyl (C=O) groups is 1. The Morgan fingerprint density at radius 1 is 1.41 bits per heavy atom. The molecule has 0 bridgehead atoms. The second-order valence-electron chi connectivity index (χ2n) is 7.18. The van der Waals surface area contributed by atoms with Crippen molar-refractivity contribution >= 4 is 36.3 Å². The second-order valence-corrected chi connectivity index (χ2v) is 9.69. The normalized spacial score (nSPS) is 25.1. The molecule has 1 aromatic rings. The zero-order valence-electron chi connectivity index (χ0n) is 15.8. The summed E-state index contributed by atoms with van der Waals surface area (Å²) in [6, 6.07) is 3.70. The van der Waals surface area contributed by atoms with Gasteiger partial charge in [-0.05, 0) is 42.8 Å². The molecule has 150 valence electrons. The van der Waals surface area contributed by atoms with Gasteiger partial charge < -0.3 is 14.8 Å². The fourth-order valence-electron chi connectivity index (χ4n) is 3.38. The number of likely N-dealkylation sites (N-methyl/N-ethyl adjacent to an activating group) is 1. The monoisotopic (exact) mass is 415 g/mol. The van der Waals surface area contributed by atoms with E-state index in [1.54, 1.807) is 6.07 Å². The Balaban J connectivity index is 1.87. The largest absolute Gasteiger partial charge is 0.495 e. The molecule has 1 N–H and O–H groups in total. The van der Waals surface area contributed by atoms with Crippen molar-refractivity contribution in [2.45, 2.75) is 31.8 Å². The van der Waals surface area contributed by atoms with Crippen LogP contribution in [0.2, 0.25) is 0 Å². The average molecular weight is 415 g/mol. The van der Waals surface area contributed by atoms with E-state index >= 15 is 0 Å². The minimum absolute atomic E-state index is 0.0847. The molecule has 27 heavy (non-hydrogen) atoms. The number of hydrogen-bond acceptors (Lipinski definition) is 6. The van der Waals surface area contributed by atoms with Crippen molar-refractivity contribution in [1.29, 1.82) is 0 Å². The van der Waals surface area contributed by atoms with Gasteiger partial charge in [0.2, 0.25) is 0 Å². The molecule has 2 atom stereocenters. The molecule has 10 heteroatoms. The van der Waals surface area contributed by atoms with Gasteiger partial charge >= 0.3 is 10.2 Å². The molecule has 0 radical (unpaired) electrons. The Bertz CT molecular complexity index is 839. The van der Waals surface area contributed by atoms with Crippen LogP contribution in [0.5, 0.6) is 5.75 Å². The van der Waals surface area contributed by atoms with E-state index in [1.165, 1.54) is 14.2 Å². The van der Waals surface area contributed by atoms with Crippen LogP contribution in [0.1, 0.15) is 25.3 Å². The van der Waals surface area contributed by atoms with E-state index in [-0.39, 0.29) is 12.1 Å². The van der Waals surface area contributed by atoms with Gasteiger partial charge in [-0.3, -0.25) is 4.79 Å². The number of ether oxygens (including phenoxy) is 2. The third-order valence-corrected chi connectivity index (χ3v) is 7.25. The summed E-state index contributed by atoms with van der Waals surface area (Å²) in [5.74, 6) is -0.0616. The smallest absolute Gasteiger partial charge is 0.329 e. The van der Waals surface area contributed by atoms with Crippen molar-refractivity contribution in [2.75, 3.05) is 38.2 Å². The Kier molecular flexibility index (Phi) is 5.68. The molecule has 1 aromatic carbocycles. The lowest BCUT2D eigenvalue weighted by atomic mass is 9.94. The summed E-state index contributed by atoms with van der Waals surface area (Å²) in [6.07, 6.45) is 2.06. The number of hydrogen-bond donors (Lipinski definition) is 1. The summed E-state index contributed by atoms with van der Waals surface area (Å²) in [4.78, 5) is 11.9. The molecule has 0 spiro atoms. The molecule has 2 aliphatic heterocycles. The van der Waals surface area contributed by atoms with Crippen LogP contribution in [0.25, 0.3) is 0 Å². The third-order valence-electron chi connectivity index (χ3n) is 5.05. The van der Waals surface area contributed by atoms with Crippen molar-refractivity contribution in [3.63, 3.8) is 0 Å². The maximum Gasteiger partial charge on any atom is 0.329 e. The number of nitrogens with one attached hydrogen (secondary N) is 1. The maximum absolute atomic E-state index is 12.5. The van der Waals surface area contributed by atoms with Crippen molar-refractivity contribution in [1.82, 2.24) is 9.62 Å². The van der Waals surface area contributed by atoms with Gasteiger partial charge in [-0.15, -0.1) is 9.24 Å². The van der Waals surface area contributed by atoms with Crippen LogP contribution in [0.3, 0.4) is 0 Å². The SMILES string of the molecule is COc1cc(CNC2(C)CCCOC2)cc(P)c1N1CC(=O)N(C)S1(=O)=O. The molecule has 0 saturated carbocycles. The third kappa shape index (κ3) is 3.92. The van der Waals surface area contributed by atoms with Crippen LogP contribution in [-0.4, -0.2) is 58.1 Å². The molecule has 1 amide bonds. The average Bonchev–Trinajstić information content (AvgIpc) is 2.83. The van der Waals surface area contributed by atoms with E-state index < -0.39 is 16.1 Å². The van der Waals surface area contributed by atoms with Gasteiger partial charge in [0.15, 0.2) is 0 Å². The zero-order chi connectivity index (χ0) is 19.8. The van der Waals surface area contributed by atoms with Crippen LogP contribution in [0.15, 0.2) is 12.1 Å². The van der Waals surface area contributed by atoms with Gasteiger partial charge in [-0.2, -0.15) is 8.42 Å². The van der Waals surface area contributed by atoms with E-state index in [2.05, 4.69) is 21.5 Å². The quantitative estimate of drug-likeness (QED) is 0.700. The first kappa shape index (κ1) is 20.3. The van der Waals surface area contributed by atoms with E-state index in [0.717, 1.165) is 33.6 Å². The van der Waals surface area contributed by atoms with Gasteiger partial charge in [0, 0.05) is 25.7 Å². The van der Waals surface area contributed by atoms with E-state index in [9.17, 15) is 13.2 Å². The molecule has 3 rings (SSSR count). The maximum atomic E-state index is 12.5. The van der Waals surface area contributed by atoms with Gasteiger partial charge in [-0.1, -0.05) is 0 Å². The first-order valence-corrected chi connectivity index (χ1v) is 10.7. The van der Waals surface area contributed by atoms with E-state index in [1.807, 2.05) is 6.07 Å². The Hall–Kier alpha value is -1.41. The number of rotatable bonds is 5. The molecular weight excluding hydrogens is 389 g/mol. The fourth-order valence-corrected chi connectivity index (χ4v) is 5.29. The molecule has 0 aliphatic carbocycles. The highest BCUT2D eigenvalue weighted by molar-refractivity contribution is 7.91. The molecule has 8 nitrogen and oxygen atoms in total. The fraction of sp³-hybridized carbons (Fsp3) is 0.588. The topological polar surface area (TPSA) is 88.2 Å². The highest BCUT2D eigenvalue weighted by atomic mass is 32.2. The number of nitrogens with zero attached hydrogens (tertiary/aromatic N) is 2. The summed E-state index contributed by atoms with van der Waals surface area (Å²) in [5, 5.41) is 4.18. The minimum atomic E-state index is -3.88. The van der Waals surface area contributed by atoms with Crippen LogP contribution in [-0.2, 0) is 26.3 Å². The Morgan fingerprint density at radius 2 is 2.15 bits per heavy atom. The van der Waals surface area contributed by atoms with E-state index in [0.29, 0.717) is 29.9 Å². The van der Waals surface area contributed by atoms with Crippen LogP contribution >= 0.6 is 9.24 Å². The minimum Gasteiger partial charge on any atom is -0.495 e. The number of amides is 1.